The summed E-state index contributed by atoms with van der Waals surface area (Å²) in [4.78, 5) is 25.8. The molecule has 1 aliphatic rings. The van der Waals surface area contributed by atoms with Gasteiger partial charge in [0, 0.05) is 5.56 Å². The van der Waals surface area contributed by atoms with E-state index in [1.165, 1.54) is 21.3 Å². The van der Waals surface area contributed by atoms with Gasteiger partial charge in [0.05, 0.1) is 31.8 Å². The smallest absolute Gasteiger partial charge is 0.285 e. The Morgan fingerprint density at radius 3 is 2.41 bits per heavy atom. The van der Waals surface area contributed by atoms with Crippen LogP contribution in [0.1, 0.15) is 15.9 Å². The molecule has 0 saturated carbocycles. The molecule has 1 saturated heterocycles. The molecule has 1 heterocycles. The van der Waals surface area contributed by atoms with Gasteiger partial charge in [0.15, 0.2) is 15.8 Å². The number of thioether (sulfide) groups is 1. The number of hydrazine groups is 1. The molecule has 1 fully saturated rings. The highest BCUT2D eigenvalue weighted by molar-refractivity contribution is 8.26. The third kappa shape index (κ3) is 4.20. The molecule has 1 aliphatic heterocycles. The molecule has 2 aromatic carbocycles. The number of nitrogens with one attached hydrogen (secondary N) is 1. The lowest BCUT2D eigenvalue weighted by Gasteiger charge is -2.16. The van der Waals surface area contributed by atoms with Gasteiger partial charge >= 0.3 is 0 Å². The fourth-order valence-electron chi connectivity index (χ4n) is 2.72. The molecular formula is C20H18N2O5S2. The van der Waals surface area contributed by atoms with Crippen LogP contribution in [-0.4, -0.2) is 42.5 Å². The lowest BCUT2D eigenvalue weighted by atomic mass is 10.1. The maximum Gasteiger partial charge on any atom is 0.285 e. The molecule has 0 radical (unpaired) electrons. The Labute approximate surface area is 177 Å². The predicted octanol–water partition coefficient (Wildman–Crippen LogP) is 3.26. The van der Waals surface area contributed by atoms with Crippen molar-refractivity contribution in [3.8, 4) is 17.2 Å². The molecule has 29 heavy (non-hydrogen) atoms. The molecule has 0 bridgehead atoms. The van der Waals surface area contributed by atoms with Gasteiger partial charge in [-0.1, -0.05) is 36.0 Å². The fraction of sp³-hybridized carbons (Fsp3) is 0.150. The molecule has 0 spiro atoms. The minimum atomic E-state index is -0.501. The standard InChI is InChI=1S/C20H18N2O5S2/c1-25-14-9-5-4-8-13(14)18(23)21-22-19(24)16(29-20(22)28)11-12-7-6-10-15(26-2)17(12)27-3/h4-11H,1-3H3,(H,21,23)/b16-11-. The summed E-state index contributed by atoms with van der Waals surface area (Å²) in [5.74, 6) is 0.499. The molecular weight excluding hydrogens is 412 g/mol. The Hall–Kier alpha value is -3.04. The summed E-state index contributed by atoms with van der Waals surface area (Å²) >= 11 is 6.36. The number of carbonyl (C=O) groups excluding carboxylic acids is 2. The molecule has 9 heteroatoms. The average Bonchev–Trinajstić information content (AvgIpc) is 3.00. The van der Waals surface area contributed by atoms with Crippen molar-refractivity contribution in [2.75, 3.05) is 21.3 Å². The third-order valence-corrected chi connectivity index (χ3v) is 5.38. The van der Waals surface area contributed by atoms with Gasteiger partial charge in [-0.25, -0.2) is 0 Å². The first-order chi connectivity index (χ1) is 14.0. The minimum Gasteiger partial charge on any atom is -0.496 e. The van der Waals surface area contributed by atoms with E-state index < -0.39 is 11.8 Å². The quantitative estimate of drug-likeness (QED) is 0.557. The number of benzene rings is 2. The number of rotatable bonds is 6. The summed E-state index contributed by atoms with van der Waals surface area (Å²) in [6.45, 7) is 0. The van der Waals surface area contributed by atoms with Crippen molar-refractivity contribution in [2.45, 2.75) is 0 Å². The maximum absolute atomic E-state index is 12.8. The summed E-state index contributed by atoms with van der Waals surface area (Å²) in [7, 11) is 4.53. The third-order valence-electron chi connectivity index (χ3n) is 4.08. The van der Waals surface area contributed by atoms with E-state index in [9.17, 15) is 9.59 Å². The first-order valence-electron chi connectivity index (χ1n) is 8.43. The van der Waals surface area contributed by atoms with Gasteiger partial charge < -0.3 is 14.2 Å². The number of amides is 2. The van der Waals surface area contributed by atoms with Crippen molar-refractivity contribution in [2.24, 2.45) is 0 Å². The number of nitrogens with zero attached hydrogens (tertiary/aromatic N) is 1. The predicted molar refractivity (Wildman–Crippen MR) is 115 cm³/mol. The number of thiocarbonyl (C=S) groups is 1. The van der Waals surface area contributed by atoms with Crippen LogP contribution in [0.25, 0.3) is 6.08 Å². The summed E-state index contributed by atoms with van der Waals surface area (Å²) < 4.78 is 16.1. The molecule has 2 aromatic rings. The zero-order chi connectivity index (χ0) is 21.0. The topological polar surface area (TPSA) is 77.1 Å². The number of carbonyl (C=O) groups is 2. The van der Waals surface area contributed by atoms with E-state index in [1.807, 2.05) is 0 Å². The van der Waals surface area contributed by atoms with Crippen LogP contribution in [-0.2, 0) is 4.79 Å². The van der Waals surface area contributed by atoms with Crippen molar-refractivity contribution in [3.05, 3.63) is 58.5 Å². The van der Waals surface area contributed by atoms with Crippen LogP contribution in [0.5, 0.6) is 17.2 Å². The van der Waals surface area contributed by atoms with Gasteiger partial charge in [-0.2, -0.15) is 5.01 Å². The lowest BCUT2D eigenvalue weighted by molar-refractivity contribution is -0.123. The summed E-state index contributed by atoms with van der Waals surface area (Å²) in [6, 6.07) is 12.1. The monoisotopic (exact) mass is 430 g/mol. The molecule has 0 aliphatic carbocycles. The molecule has 0 atom stereocenters. The Balaban J connectivity index is 1.85. The van der Waals surface area contributed by atoms with Crippen LogP contribution in [0.15, 0.2) is 47.4 Å². The van der Waals surface area contributed by atoms with Crippen molar-refractivity contribution in [1.82, 2.24) is 10.4 Å². The van der Waals surface area contributed by atoms with E-state index in [-0.39, 0.29) is 4.32 Å². The summed E-state index contributed by atoms with van der Waals surface area (Å²) in [5.41, 5.74) is 3.49. The Kier molecular flexibility index (Phi) is 6.40. The van der Waals surface area contributed by atoms with Crippen molar-refractivity contribution in [1.29, 1.82) is 0 Å². The van der Waals surface area contributed by atoms with Gasteiger partial charge in [-0.05, 0) is 36.5 Å². The fourth-order valence-corrected chi connectivity index (χ4v) is 3.90. The number of ether oxygens (including phenoxy) is 3. The molecule has 2 amide bonds. The zero-order valence-corrected chi connectivity index (χ0v) is 17.6. The maximum atomic E-state index is 12.8. The van der Waals surface area contributed by atoms with Crippen LogP contribution in [0.2, 0.25) is 0 Å². The van der Waals surface area contributed by atoms with Crippen LogP contribution >= 0.6 is 24.0 Å². The van der Waals surface area contributed by atoms with Gasteiger partial charge in [-0.15, -0.1) is 0 Å². The molecule has 0 aromatic heterocycles. The molecule has 150 valence electrons. The number of methoxy groups -OCH3 is 3. The average molecular weight is 431 g/mol. The second-order valence-corrected chi connectivity index (χ2v) is 7.42. The molecule has 1 N–H and O–H groups in total. The van der Waals surface area contributed by atoms with Gasteiger partial charge in [-0.3, -0.25) is 15.0 Å². The first-order valence-corrected chi connectivity index (χ1v) is 9.65. The van der Waals surface area contributed by atoms with E-state index in [2.05, 4.69) is 5.43 Å². The van der Waals surface area contributed by atoms with E-state index in [4.69, 9.17) is 26.4 Å². The van der Waals surface area contributed by atoms with Crippen LogP contribution in [0.3, 0.4) is 0 Å². The van der Waals surface area contributed by atoms with Crippen molar-refractivity contribution in [3.63, 3.8) is 0 Å². The highest BCUT2D eigenvalue weighted by atomic mass is 32.2. The second kappa shape index (κ2) is 8.97. The SMILES string of the molecule is COc1ccccc1C(=O)NN1C(=O)/C(=C/c2cccc(OC)c2OC)SC1=S. The molecule has 0 unspecified atom stereocenters. The van der Waals surface area contributed by atoms with Crippen molar-refractivity contribution < 1.29 is 23.8 Å². The highest BCUT2D eigenvalue weighted by Crippen LogP contribution is 2.36. The van der Waals surface area contributed by atoms with Crippen LogP contribution in [0, 0.1) is 0 Å². The van der Waals surface area contributed by atoms with E-state index in [0.717, 1.165) is 16.8 Å². The number of hydrogen-bond acceptors (Lipinski definition) is 7. The number of para-hydroxylation sites is 2. The number of hydrogen-bond donors (Lipinski definition) is 1. The Bertz CT molecular complexity index is 1010. The first kappa shape index (κ1) is 20.7. The van der Waals surface area contributed by atoms with Crippen molar-refractivity contribution >= 4 is 46.2 Å². The van der Waals surface area contributed by atoms with Crippen LogP contribution in [0.4, 0.5) is 0 Å². The zero-order valence-electron chi connectivity index (χ0n) is 15.9. The van der Waals surface area contributed by atoms with E-state index in [0.29, 0.717) is 33.3 Å². The normalized spacial score (nSPS) is 14.9. The van der Waals surface area contributed by atoms with Gasteiger partial charge in [0.25, 0.3) is 11.8 Å². The minimum absolute atomic E-state index is 0.214. The Morgan fingerprint density at radius 2 is 1.72 bits per heavy atom. The summed E-state index contributed by atoms with van der Waals surface area (Å²) in [5, 5.41) is 1.05. The lowest BCUT2D eigenvalue weighted by Crippen LogP contribution is -2.44. The van der Waals surface area contributed by atoms with E-state index in [1.54, 1.807) is 48.5 Å². The van der Waals surface area contributed by atoms with E-state index >= 15 is 0 Å². The second-order valence-electron chi connectivity index (χ2n) is 5.74. The highest BCUT2D eigenvalue weighted by Gasteiger charge is 2.34. The largest absolute Gasteiger partial charge is 0.496 e. The molecule has 3 rings (SSSR count). The van der Waals surface area contributed by atoms with Crippen LogP contribution < -0.4 is 19.6 Å². The van der Waals surface area contributed by atoms with Gasteiger partial charge in [0.2, 0.25) is 0 Å². The van der Waals surface area contributed by atoms with Gasteiger partial charge in [0.1, 0.15) is 5.75 Å². The summed E-state index contributed by atoms with van der Waals surface area (Å²) in [6.07, 6.45) is 1.65. The molecule has 7 nitrogen and oxygen atoms in total. The Morgan fingerprint density at radius 1 is 1.03 bits per heavy atom.